The van der Waals surface area contributed by atoms with Crippen molar-refractivity contribution in [1.82, 2.24) is 0 Å². The quantitative estimate of drug-likeness (QED) is 0.572. The highest BCUT2D eigenvalue weighted by atomic mass is 19.4. The number of rotatable bonds is 2. The number of carboxylic acid groups (broad SMARTS) is 2. The van der Waals surface area contributed by atoms with Crippen LogP contribution in [0.15, 0.2) is 12.2 Å². The summed E-state index contributed by atoms with van der Waals surface area (Å²) in [5, 5.41) is 15.0. The number of carboxylic acids is 2. The lowest BCUT2D eigenvalue weighted by atomic mass is 10.5. The zero-order valence-electron chi connectivity index (χ0n) is 6.78. The number of nitrogens with two attached hydrogens (primary N) is 1. The van der Waals surface area contributed by atoms with Gasteiger partial charge in [0.05, 0.1) is 0 Å². The van der Waals surface area contributed by atoms with Crippen LogP contribution in [0.2, 0.25) is 0 Å². The molecule has 0 aromatic carbocycles. The Labute approximate surface area is 76.6 Å². The van der Waals surface area contributed by atoms with Crippen LogP contribution in [0.3, 0.4) is 0 Å². The molecule has 82 valence electrons. The van der Waals surface area contributed by atoms with Crippen molar-refractivity contribution in [2.75, 3.05) is 6.54 Å². The predicted octanol–water partition coefficient (Wildman–Crippen LogP) is 0.219. The van der Waals surface area contributed by atoms with Crippen LogP contribution in [0.5, 0.6) is 0 Å². The molecule has 0 spiro atoms. The highest BCUT2D eigenvalue weighted by Crippen LogP contribution is 2.13. The van der Waals surface area contributed by atoms with E-state index in [1.165, 1.54) is 6.08 Å². The van der Waals surface area contributed by atoms with Crippen molar-refractivity contribution >= 4 is 11.9 Å². The third kappa shape index (κ3) is 13.1. The number of hydrogen-bond donors (Lipinski definition) is 3. The van der Waals surface area contributed by atoms with Crippen LogP contribution in [0.25, 0.3) is 0 Å². The van der Waals surface area contributed by atoms with Gasteiger partial charge < -0.3 is 15.9 Å². The molecule has 0 heterocycles. The Kier molecular flexibility index (Phi) is 7.35. The molecule has 0 aliphatic carbocycles. The van der Waals surface area contributed by atoms with E-state index in [-0.39, 0.29) is 6.54 Å². The number of carbonyl (C=O) groups is 2. The molecule has 0 aromatic heterocycles. The topological polar surface area (TPSA) is 101 Å². The first kappa shape index (κ1) is 14.9. The van der Waals surface area contributed by atoms with Gasteiger partial charge in [-0.05, 0) is 0 Å². The van der Waals surface area contributed by atoms with Crippen LogP contribution in [0, 0.1) is 0 Å². The lowest BCUT2D eigenvalue weighted by Gasteiger charge is -1.93. The summed E-state index contributed by atoms with van der Waals surface area (Å²) in [7, 11) is 0. The summed E-state index contributed by atoms with van der Waals surface area (Å²) in [4.78, 5) is 18.5. The largest absolute Gasteiger partial charge is 0.490 e. The minimum Gasteiger partial charge on any atom is -0.478 e. The number of hydrogen-bond acceptors (Lipinski definition) is 3. The van der Waals surface area contributed by atoms with E-state index in [9.17, 15) is 18.0 Å². The fraction of sp³-hybridized carbons (Fsp3) is 0.333. The Morgan fingerprint density at radius 3 is 1.71 bits per heavy atom. The van der Waals surface area contributed by atoms with Crippen molar-refractivity contribution in [3.8, 4) is 0 Å². The first-order valence-electron chi connectivity index (χ1n) is 3.11. The van der Waals surface area contributed by atoms with E-state index >= 15 is 0 Å². The molecule has 0 aliphatic heterocycles. The third-order valence-electron chi connectivity index (χ3n) is 0.639. The molecular weight excluding hydrogens is 207 g/mol. The van der Waals surface area contributed by atoms with Crippen molar-refractivity contribution < 1.29 is 33.0 Å². The van der Waals surface area contributed by atoms with Gasteiger partial charge >= 0.3 is 18.1 Å². The van der Waals surface area contributed by atoms with Gasteiger partial charge in [-0.1, -0.05) is 6.08 Å². The average molecular weight is 215 g/mol. The van der Waals surface area contributed by atoms with Gasteiger partial charge in [0.25, 0.3) is 0 Å². The van der Waals surface area contributed by atoms with Gasteiger partial charge in [-0.2, -0.15) is 13.2 Å². The van der Waals surface area contributed by atoms with E-state index < -0.39 is 18.1 Å². The zero-order valence-corrected chi connectivity index (χ0v) is 6.78. The van der Waals surface area contributed by atoms with Crippen molar-refractivity contribution in [2.45, 2.75) is 6.18 Å². The smallest absolute Gasteiger partial charge is 0.478 e. The fourth-order valence-corrected chi connectivity index (χ4v) is 0.169. The lowest BCUT2D eigenvalue weighted by molar-refractivity contribution is -0.192. The van der Waals surface area contributed by atoms with E-state index in [4.69, 9.17) is 20.7 Å². The Hall–Kier alpha value is -1.57. The standard InChI is InChI=1S/C4H7NO2.C2HF3O2/c5-3-1-2-4(6)7;3-2(4,5)1(6)7/h1-2H,3,5H2,(H,6,7);(H,6,7)/b2-1-;. The molecule has 4 N–H and O–H groups in total. The molecule has 5 nitrogen and oxygen atoms in total. The molecule has 0 bridgehead atoms. The first-order valence-corrected chi connectivity index (χ1v) is 3.11. The van der Waals surface area contributed by atoms with Gasteiger partial charge in [-0.25, -0.2) is 9.59 Å². The lowest BCUT2D eigenvalue weighted by Crippen LogP contribution is -2.21. The molecule has 0 saturated carbocycles. The average Bonchev–Trinajstić information content (AvgIpc) is 2.00. The van der Waals surface area contributed by atoms with E-state index in [0.717, 1.165) is 6.08 Å². The van der Waals surface area contributed by atoms with Gasteiger partial charge in [0.1, 0.15) is 0 Å². The maximum Gasteiger partial charge on any atom is 0.490 e. The van der Waals surface area contributed by atoms with Gasteiger partial charge in [-0.15, -0.1) is 0 Å². The number of alkyl halides is 3. The summed E-state index contributed by atoms with van der Waals surface area (Å²) < 4.78 is 31.7. The van der Waals surface area contributed by atoms with Gasteiger partial charge in [0, 0.05) is 12.6 Å². The van der Waals surface area contributed by atoms with Crippen molar-refractivity contribution in [3.05, 3.63) is 12.2 Å². The fourth-order valence-electron chi connectivity index (χ4n) is 0.169. The molecule has 14 heavy (non-hydrogen) atoms. The maximum atomic E-state index is 10.6. The predicted molar refractivity (Wildman–Crippen MR) is 39.5 cm³/mol. The SMILES string of the molecule is NC/C=C\C(=O)O.O=C(O)C(F)(F)F. The summed E-state index contributed by atoms with van der Waals surface area (Å²) in [5.74, 6) is -3.71. The molecule has 0 saturated heterocycles. The van der Waals surface area contributed by atoms with Crippen LogP contribution >= 0.6 is 0 Å². The Balaban J connectivity index is 0. The van der Waals surface area contributed by atoms with Crippen LogP contribution < -0.4 is 5.73 Å². The minimum absolute atomic E-state index is 0.284. The molecule has 0 atom stereocenters. The Morgan fingerprint density at radius 2 is 1.64 bits per heavy atom. The molecule has 0 amide bonds. The van der Waals surface area contributed by atoms with Crippen molar-refractivity contribution in [3.63, 3.8) is 0 Å². The second-order valence-electron chi connectivity index (χ2n) is 1.78. The molecule has 0 rings (SSSR count). The van der Waals surface area contributed by atoms with Gasteiger partial charge in [0.2, 0.25) is 0 Å². The van der Waals surface area contributed by atoms with E-state index in [0.29, 0.717) is 0 Å². The van der Waals surface area contributed by atoms with Crippen LogP contribution in [-0.2, 0) is 9.59 Å². The summed E-state index contributed by atoms with van der Waals surface area (Å²) in [5.41, 5.74) is 4.93. The molecule has 0 radical (unpaired) electrons. The number of halogens is 3. The number of aliphatic carboxylic acids is 2. The molecule has 0 unspecified atom stereocenters. The molecule has 0 aliphatic rings. The minimum atomic E-state index is -5.08. The Bertz CT molecular complexity index is 224. The maximum absolute atomic E-state index is 10.6. The summed E-state index contributed by atoms with van der Waals surface area (Å²) >= 11 is 0. The third-order valence-corrected chi connectivity index (χ3v) is 0.639. The van der Waals surface area contributed by atoms with Crippen molar-refractivity contribution in [1.29, 1.82) is 0 Å². The highest BCUT2D eigenvalue weighted by Gasteiger charge is 2.38. The van der Waals surface area contributed by atoms with Crippen LogP contribution in [0.4, 0.5) is 13.2 Å². The summed E-state index contributed by atoms with van der Waals surface area (Å²) in [6.45, 7) is 0.284. The molecule has 0 aromatic rings. The Morgan fingerprint density at radius 1 is 1.29 bits per heavy atom. The summed E-state index contributed by atoms with van der Waals surface area (Å²) in [6, 6.07) is 0. The van der Waals surface area contributed by atoms with E-state index in [1.54, 1.807) is 0 Å². The first-order chi connectivity index (χ1) is 6.21. The van der Waals surface area contributed by atoms with E-state index in [2.05, 4.69) is 0 Å². The second kappa shape index (κ2) is 6.89. The summed E-state index contributed by atoms with van der Waals surface area (Å²) in [6.07, 6.45) is -2.69. The highest BCUT2D eigenvalue weighted by molar-refractivity contribution is 5.79. The van der Waals surface area contributed by atoms with Crippen molar-refractivity contribution in [2.24, 2.45) is 5.73 Å². The normalized spacial score (nSPS) is 10.6. The van der Waals surface area contributed by atoms with Gasteiger partial charge in [0.15, 0.2) is 0 Å². The molecule has 0 fully saturated rings. The van der Waals surface area contributed by atoms with Crippen LogP contribution in [-0.4, -0.2) is 34.9 Å². The van der Waals surface area contributed by atoms with Gasteiger partial charge in [-0.3, -0.25) is 0 Å². The van der Waals surface area contributed by atoms with E-state index in [1.807, 2.05) is 0 Å². The molecule has 8 heteroatoms. The monoisotopic (exact) mass is 215 g/mol. The second-order valence-corrected chi connectivity index (χ2v) is 1.78. The van der Waals surface area contributed by atoms with Crippen LogP contribution in [0.1, 0.15) is 0 Å². The molecular formula is C6H8F3NO4. The zero-order chi connectivity index (χ0) is 11.8.